The molecule has 5 heteroatoms. The first-order valence-corrected chi connectivity index (χ1v) is 6.55. The van der Waals surface area contributed by atoms with Crippen LogP contribution in [-0.4, -0.2) is 37.9 Å². The van der Waals surface area contributed by atoms with Gasteiger partial charge in [0.05, 0.1) is 13.7 Å². The van der Waals surface area contributed by atoms with Gasteiger partial charge in [-0.3, -0.25) is 4.79 Å². The van der Waals surface area contributed by atoms with Crippen molar-refractivity contribution < 1.29 is 19.0 Å². The topological polar surface area (TPSA) is 57.7 Å². The van der Waals surface area contributed by atoms with Gasteiger partial charge in [0.25, 0.3) is 0 Å². The van der Waals surface area contributed by atoms with Crippen LogP contribution in [0.4, 0.5) is 0 Å². The highest BCUT2D eigenvalue weighted by Crippen LogP contribution is 2.16. The van der Waals surface area contributed by atoms with Crippen molar-refractivity contribution >= 4 is 6.29 Å². The van der Waals surface area contributed by atoms with E-state index in [2.05, 4.69) is 4.98 Å². The van der Waals surface area contributed by atoms with Crippen molar-refractivity contribution in [3.05, 3.63) is 23.4 Å². The third-order valence-corrected chi connectivity index (χ3v) is 3.15. The number of rotatable bonds is 6. The van der Waals surface area contributed by atoms with Crippen LogP contribution in [0.2, 0.25) is 0 Å². The minimum Gasteiger partial charge on any atom is -0.481 e. The third kappa shape index (κ3) is 4.01. The Morgan fingerprint density at radius 2 is 2.42 bits per heavy atom. The zero-order valence-electron chi connectivity index (χ0n) is 11.1. The summed E-state index contributed by atoms with van der Waals surface area (Å²) < 4.78 is 16.2. The number of pyridine rings is 1. The molecule has 0 unspecified atom stereocenters. The maximum atomic E-state index is 10.9. The minimum absolute atomic E-state index is 0.0998. The molecule has 0 aromatic carbocycles. The van der Waals surface area contributed by atoms with Gasteiger partial charge < -0.3 is 14.2 Å². The fourth-order valence-corrected chi connectivity index (χ4v) is 2.06. The molecule has 0 amide bonds. The zero-order valence-corrected chi connectivity index (χ0v) is 11.1. The predicted molar refractivity (Wildman–Crippen MR) is 69.4 cm³/mol. The van der Waals surface area contributed by atoms with Gasteiger partial charge in [0.1, 0.15) is 0 Å². The lowest BCUT2D eigenvalue weighted by Crippen LogP contribution is -2.23. The van der Waals surface area contributed by atoms with Crippen molar-refractivity contribution in [2.24, 2.45) is 0 Å². The number of hydrogen-bond acceptors (Lipinski definition) is 5. The summed E-state index contributed by atoms with van der Waals surface area (Å²) in [7, 11) is 1.55. The van der Waals surface area contributed by atoms with Gasteiger partial charge >= 0.3 is 0 Å². The molecule has 104 valence electrons. The Kier molecular flexibility index (Phi) is 5.30. The molecule has 1 aliphatic rings. The quantitative estimate of drug-likeness (QED) is 0.736. The smallest absolute Gasteiger partial charge is 0.213 e. The number of nitrogens with zero attached hydrogens (tertiary/aromatic N) is 1. The highest BCUT2D eigenvalue weighted by atomic mass is 16.7. The first-order valence-electron chi connectivity index (χ1n) is 6.55. The van der Waals surface area contributed by atoms with Gasteiger partial charge in [-0.15, -0.1) is 0 Å². The van der Waals surface area contributed by atoms with Crippen molar-refractivity contribution in [3.8, 4) is 5.88 Å². The molecule has 0 aliphatic carbocycles. The van der Waals surface area contributed by atoms with Crippen LogP contribution >= 0.6 is 0 Å². The molecule has 1 aromatic heterocycles. The number of aldehydes is 1. The Hall–Kier alpha value is -1.46. The van der Waals surface area contributed by atoms with Crippen LogP contribution < -0.4 is 4.74 Å². The molecular weight excluding hydrogens is 246 g/mol. The highest BCUT2D eigenvalue weighted by Gasteiger charge is 2.14. The average molecular weight is 265 g/mol. The second-order valence-electron chi connectivity index (χ2n) is 4.46. The Morgan fingerprint density at radius 1 is 1.53 bits per heavy atom. The number of carbonyl (C=O) groups excluding carboxylic acids is 1. The second-order valence-corrected chi connectivity index (χ2v) is 4.46. The van der Waals surface area contributed by atoms with Crippen LogP contribution in [0.1, 0.15) is 35.2 Å². The summed E-state index contributed by atoms with van der Waals surface area (Å²) in [5.74, 6) is 0.509. The number of carbonyl (C=O) groups is 1. The van der Waals surface area contributed by atoms with E-state index in [1.165, 1.54) is 6.20 Å². The van der Waals surface area contributed by atoms with E-state index in [0.29, 0.717) is 24.5 Å². The lowest BCUT2D eigenvalue weighted by Gasteiger charge is -2.22. The summed E-state index contributed by atoms with van der Waals surface area (Å²) in [5.41, 5.74) is 1.46. The normalized spacial score (nSPS) is 19.1. The van der Waals surface area contributed by atoms with Gasteiger partial charge in [0.15, 0.2) is 12.6 Å². The van der Waals surface area contributed by atoms with Crippen LogP contribution in [0.5, 0.6) is 5.88 Å². The number of hydrogen-bond donors (Lipinski definition) is 0. The summed E-state index contributed by atoms with van der Waals surface area (Å²) in [5, 5.41) is 0. The van der Waals surface area contributed by atoms with Gasteiger partial charge in [-0.2, -0.15) is 0 Å². The van der Waals surface area contributed by atoms with E-state index in [0.717, 1.165) is 37.7 Å². The minimum atomic E-state index is -0.0998. The Morgan fingerprint density at radius 3 is 3.11 bits per heavy atom. The fourth-order valence-electron chi connectivity index (χ4n) is 2.06. The van der Waals surface area contributed by atoms with Crippen LogP contribution in [0, 0.1) is 0 Å². The summed E-state index contributed by atoms with van der Waals surface area (Å²) in [4.78, 5) is 15.0. The predicted octanol–water partition coefficient (Wildman–Crippen LogP) is 1.99. The van der Waals surface area contributed by atoms with Crippen molar-refractivity contribution in [1.29, 1.82) is 0 Å². The zero-order chi connectivity index (χ0) is 13.5. The Bertz CT molecular complexity index is 416. The summed E-state index contributed by atoms with van der Waals surface area (Å²) in [6.45, 7) is 1.30. The maximum Gasteiger partial charge on any atom is 0.213 e. The first kappa shape index (κ1) is 14.0. The van der Waals surface area contributed by atoms with Crippen molar-refractivity contribution in [3.63, 3.8) is 0 Å². The largest absolute Gasteiger partial charge is 0.481 e. The molecular formula is C14H19NO4. The maximum absolute atomic E-state index is 10.9. The summed E-state index contributed by atoms with van der Waals surface area (Å²) >= 11 is 0. The number of ether oxygens (including phenoxy) is 3. The van der Waals surface area contributed by atoms with E-state index in [4.69, 9.17) is 14.2 Å². The Balaban J connectivity index is 1.88. The molecule has 0 bridgehead atoms. The lowest BCUT2D eigenvalue weighted by molar-refractivity contribution is -0.161. The molecule has 2 heterocycles. The van der Waals surface area contributed by atoms with Crippen LogP contribution in [-0.2, 0) is 15.9 Å². The molecule has 0 radical (unpaired) electrons. The van der Waals surface area contributed by atoms with E-state index in [-0.39, 0.29) is 6.29 Å². The van der Waals surface area contributed by atoms with Gasteiger partial charge in [-0.1, -0.05) is 0 Å². The van der Waals surface area contributed by atoms with E-state index in [9.17, 15) is 4.79 Å². The molecule has 5 nitrogen and oxygen atoms in total. The van der Waals surface area contributed by atoms with Crippen molar-refractivity contribution in [2.45, 2.75) is 32.0 Å². The molecule has 0 N–H and O–H groups in total. The molecule has 1 aromatic rings. The fraction of sp³-hybridized carbons (Fsp3) is 0.571. The molecule has 1 saturated heterocycles. The SMILES string of the molecule is COc1cc(CCO[C@@H]2CCCCO2)c(C=O)cn1. The number of methoxy groups -OCH3 is 1. The van der Waals surface area contributed by atoms with Gasteiger partial charge in [0.2, 0.25) is 5.88 Å². The molecule has 0 saturated carbocycles. The molecule has 1 aliphatic heterocycles. The summed E-state index contributed by atoms with van der Waals surface area (Å²) in [6.07, 6.45) is 6.07. The monoisotopic (exact) mass is 265 g/mol. The molecule has 1 fully saturated rings. The molecule has 19 heavy (non-hydrogen) atoms. The van der Waals surface area contributed by atoms with Gasteiger partial charge in [-0.05, 0) is 31.2 Å². The van der Waals surface area contributed by atoms with E-state index in [1.54, 1.807) is 13.2 Å². The lowest BCUT2D eigenvalue weighted by atomic mass is 10.1. The standard InChI is InChI=1S/C14H19NO4/c1-17-13-8-11(12(10-16)9-15-13)5-7-19-14-4-2-3-6-18-14/h8-10,14H,2-7H2,1H3/t14-/m1/s1. The highest BCUT2D eigenvalue weighted by molar-refractivity contribution is 5.76. The van der Waals surface area contributed by atoms with Crippen molar-refractivity contribution in [2.75, 3.05) is 20.3 Å². The van der Waals surface area contributed by atoms with Crippen LogP contribution in [0.15, 0.2) is 12.3 Å². The van der Waals surface area contributed by atoms with Crippen LogP contribution in [0.3, 0.4) is 0 Å². The van der Waals surface area contributed by atoms with Crippen LogP contribution in [0.25, 0.3) is 0 Å². The first-order chi connectivity index (χ1) is 9.33. The second kappa shape index (κ2) is 7.21. The van der Waals surface area contributed by atoms with Gasteiger partial charge in [0, 0.05) is 24.4 Å². The Labute approximate surface area is 112 Å². The van der Waals surface area contributed by atoms with E-state index < -0.39 is 0 Å². The van der Waals surface area contributed by atoms with E-state index >= 15 is 0 Å². The van der Waals surface area contributed by atoms with Crippen molar-refractivity contribution in [1.82, 2.24) is 4.98 Å². The average Bonchev–Trinajstić information content (AvgIpc) is 2.48. The molecule has 2 rings (SSSR count). The van der Waals surface area contributed by atoms with E-state index in [1.807, 2.05) is 0 Å². The van der Waals surface area contributed by atoms with Gasteiger partial charge in [-0.25, -0.2) is 4.98 Å². The molecule has 1 atom stereocenters. The third-order valence-electron chi connectivity index (χ3n) is 3.15. The molecule has 0 spiro atoms. The number of aromatic nitrogens is 1. The summed E-state index contributed by atoms with van der Waals surface area (Å²) in [6, 6.07) is 1.77.